The molecule has 3 aromatic rings. The van der Waals surface area contributed by atoms with Gasteiger partial charge in [0.25, 0.3) is 0 Å². The smallest absolute Gasteiger partial charge is 0.339 e. The summed E-state index contributed by atoms with van der Waals surface area (Å²) >= 11 is 0. The second-order valence-corrected chi connectivity index (χ2v) is 6.19. The van der Waals surface area contributed by atoms with Crippen molar-refractivity contribution < 1.29 is 17.7 Å². The van der Waals surface area contributed by atoms with E-state index in [2.05, 4.69) is 15.2 Å². The monoisotopic (exact) mass is 348 g/mol. The van der Waals surface area contributed by atoms with Crippen LogP contribution in [0.2, 0.25) is 0 Å². The number of hydrogen-bond donors (Lipinski definition) is 0. The molecule has 0 amide bonds. The van der Waals surface area contributed by atoms with Gasteiger partial charge in [-0.1, -0.05) is 17.3 Å². The molecule has 25 heavy (non-hydrogen) atoms. The van der Waals surface area contributed by atoms with E-state index in [9.17, 15) is 13.2 Å². The number of hydrogen-bond acceptors (Lipinski definition) is 4. The molecular formula is C17H15F3N4O. The summed E-state index contributed by atoms with van der Waals surface area (Å²) in [5.74, 6) is 1.05. The Kier molecular flexibility index (Phi) is 3.63. The maximum Gasteiger partial charge on any atom is 0.416 e. The zero-order valence-electron chi connectivity index (χ0n) is 13.2. The van der Waals surface area contributed by atoms with Crippen LogP contribution in [0, 0.1) is 0 Å². The van der Waals surface area contributed by atoms with Crippen LogP contribution in [0.5, 0.6) is 0 Å². The van der Waals surface area contributed by atoms with E-state index >= 15 is 0 Å². The molecule has 130 valence electrons. The van der Waals surface area contributed by atoms with Crippen molar-refractivity contribution >= 4 is 0 Å². The van der Waals surface area contributed by atoms with E-state index in [-0.39, 0.29) is 0 Å². The fourth-order valence-electron chi connectivity index (χ4n) is 2.94. The van der Waals surface area contributed by atoms with Gasteiger partial charge in [0, 0.05) is 25.4 Å². The summed E-state index contributed by atoms with van der Waals surface area (Å²) in [6, 6.07) is 7.07. The highest BCUT2D eigenvalue weighted by atomic mass is 19.4. The van der Waals surface area contributed by atoms with E-state index in [0.29, 0.717) is 24.7 Å². The van der Waals surface area contributed by atoms with Crippen LogP contribution in [0.3, 0.4) is 0 Å². The molecule has 2 heterocycles. The maximum absolute atomic E-state index is 12.7. The van der Waals surface area contributed by atoms with Crippen LogP contribution in [-0.4, -0.2) is 19.9 Å². The minimum Gasteiger partial charge on any atom is -0.339 e. The van der Waals surface area contributed by atoms with Crippen molar-refractivity contribution in [1.29, 1.82) is 0 Å². The lowest BCUT2D eigenvalue weighted by atomic mass is 9.94. The SMILES string of the molecule is FC(F)(F)c1ccc(C2(c3noc(CCn4cccn4)n3)CC2)cc1. The van der Waals surface area contributed by atoms with Gasteiger partial charge < -0.3 is 4.52 Å². The lowest BCUT2D eigenvalue weighted by Crippen LogP contribution is -2.12. The normalized spacial score (nSPS) is 16.1. The lowest BCUT2D eigenvalue weighted by Gasteiger charge is -2.13. The molecule has 1 aliphatic carbocycles. The molecule has 1 aromatic carbocycles. The second kappa shape index (κ2) is 5.72. The molecular weight excluding hydrogens is 333 g/mol. The fourth-order valence-corrected chi connectivity index (χ4v) is 2.94. The van der Waals surface area contributed by atoms with Gasteiger partial charge in [0.15, 0.2) is 5.82 Å². The number of nitrogens with zero attached hydrogens (tertiary/aromatic N) is 4. The van der Waals surface area contributed by atoms with Crippen LogP contribution < -0.4 is 0 Å². The van der Waals surface area contributed by atoms with Crippen molar-refractivity contribution in [2.45, 2.75) is 37.4 Å². The molecule has 0 unspecified atom stereocenters. The van der Waals surface area contributed by atoms with E-state index < -0.39 is 17.2 Å². The molecule has 0 N–H and O–H groups in total. The van der Waals surface area contributed by atoms with Crippen molar-refractivity contribution in [3.63, 3.8) is 0 Å². The van der Waals surface area contributed by atoms with Crippen LogP contribution in [0.15, 0.2) is 47.2 Å². The highest BCUT2D eigenvalue weighted by Gasteiger charge is 2.50. The molecule has 1 saturated carbocycles. The first kappa shape index (κ1) is 15.9. The van der Waals surface area contributed by atoms with E-state index in [1.54, 1.807) is 10.9 Å². The Morgan fingerprint density at radius 2 is 1.92 bits per heavy atom. The largest absolute Gasteiger partial charge is 0.416 e. The maximum atomic E-state index is 12.7. The Balaban J connectivity index is 1.51. The second-order valence-electron chi connectivity index (χ2n) is 6.19. The average Bonchev–Trinajstić information content (AvgIpc) is 3.01. The Bertz CT molecular complexity index is 849. The summed E-state index contributed by atoms with van der Waals surface area (Å²) in [6.07, 6.45) is 1.37. The van der Waals surface area contributed by atoms with Gasteiger partial charge in [0.2, 0.25) is 5.89 Å². The third-order valence-electron chi connectivity index (χ3n) is 4.52. The van der Waals surface area contributed by atoms with Crippen molar-refractivity contribution in [3.05, 3.63) is 65.6 Å². The Labute approximate surface area is 141 Å². The fraction of sp³-hybridized carbons (Fsp3) is 0.353. The summed E-state index contributed by atoms with van der Waals surface area (Å²) in [5, 5.41) is 8.17. The van der Waals surface area contributed by atoms with Gasteiger partial charge in [0.05, 0.1) is 11.0 Å². The van der Waals surface area contributed by atoms with Crippen LogP contribution in [0.1, 0.15) is 35.7 Å². The first-order valence-corrected chi connectivity index (χ1v) is 7.96. The highest BCUT2D eigenvalue weighted by molar-refractivity contribution is 5.40. The quantitative estimate of drug-likeness (QED) is 0.707. The van der Waals surface area contributed by atoms with Crippen molar-refractivity contribution in [3.8, 4) is 0 Å². The molecule has 0 radical (unpaired) electrons. The van der Waals surface area contributed by atoms with E-state index in [1.807, 2.05) is 12.3 Å². The molecule has 0 spiro atoms. The van der Waals surface area contributed by atoms with Crippen LogP contribution in [0.25, 0.3) is 0 Å². The number of aryl methyl sites for hydroxylation is 2. The molecule has 5 nitrogen and oxygen atoms in total. The number of alkyl halides is 3. The average molecular weight is 348 g/mol. The summed E-state index contributed by atoms with van der Waals surface area (Å²) in [7, 11) is 0. The summed E-state index contributed by atoms with van der Waals surface area (Å²) in [5.41, 5.74) is -0.280. The molecule has 4 rings (SSSR count). The zero-order chi connectivity index (χ0) is 17.5. The predicted molar refractivity (Wildman–Crippen MR) is 81.7 cm³/mol. The first-order valence-electron chi connectivity index (χ1n) is 7.96. The molecule has 2 aromatic heterocycles. The van der Waals surface area contributed by atoms with E-state index in [0.717, 1.165) is 30.5 Å². The first-order chi connectivity index (χ1) is 12.0. The van der Waals surface area contributed by atoms with Gasteiger partial charge >= 0.3 is 6.18 Å². The van der Waals surface area contributed by atoms with Crippen molar-refractivity contribution in [2.24, 2.45) is 0 Å². The number of benzene rings is 1. The number of halogens is 3. The van der Waals surface area contributed by atoms with Crippen LogP contribution in [-0.2, 0) is 24.6 Å². The van der Waals surface area contributed by atoms with Gasteiger partial charge in [-0.05, 0) is 36.6 Å². The van der Waals surface area contributed by atoms with Gasteiger partial charge in [-0.3, -0.25) is 4.68 Å². The third-order valence-corrected chi connectivity index (χ3v) is 4.52. The Morgan fingerprint density at radius 3 is 2.52 bits per heavy atom. The Morgan fingerprint density at radius 1 is 1.16 bits per heavy atom. The van der Waals surface area contributed by atoms with Crippen LogP contribution in [0.4, 0.5) is 13.2 Å². The zero-order valence-corrected chi connectivity index (χ0v) is 13.2. The third kappa shape index (κ3) is 3.04. The van der Waals surface area contributed by atoms with Crippen molar-refractivity contribution in [1.82, 2.24) is 19.9 Å². The molecule has 8 heteroatoms. The van der Waals surface area contributed by atoms with Gasteiger partial charge in [-0.15, -0.1) is 0 Å². The molecule has 0 aliphatic heterocycles. The van der Waals surface area contributed by atoms with Gasteiger partial charge in [-0.25, -0.2) is 0 Å². The van der Waals surface area contributed by atoms with E-state index in [1.165, 1.54) is 12.1 Å². The summed E-state index contributed by atoms with van der Waals surface area (Å²) < 4.78 is 45.2. The molecule has 1 fully saturated rings. The molecule has 1 aliphatic rings. The molecule has 0 atom stereocenters. The van der Waals surface area contributed by atoms with Crippen LogP contribution >= 0.6 is 0 Å². The van der Waals surface area contributed by atoms with E-state index in [4.69, 9.17) is 4.52 Å². The summed E-state index contributed by atoms with van der Waals surface area (Å²) in [6.45, 7) is 0.627. The lowest BCUT2D eigenvalue weighted by molar-refractivity contribution is -0.137. The van der Waals surface area contributed by atoms with Crippen molar-refractivity contribution in [2.75, 3.05) is 0 Å². The minimum atomic E-state index is -4.33. The predicted octanol–water partition coefficient (Wildman–Crippen LogP) is 3.61. The number of aromatic nitrogens is 4. The van der Waals surface area contributed by atoms with Gasteiger partial charge in [-0.2, -0.15) is 23.3 Å². The van der Waals surface area contributed by atoms with Gasteiger partial charge in [0.1, 0.15) is 0 Å². The Hall–Kier alpha value is -2.64. The standard InChI is InChI=1S/C17H15F3N4O/c18-17(19,20)13-4-2-12(3-5-13)16(7-8-16)15-22-14(25-23-15)6-11-24-10-1-9-21-24/h1-5,9-10H,6-8,11H2. The topological polar surface area (TPSA) is 56.7 Å². The summed E-state index contributed by atoms with van der Waals surface area (Å²) in [4.78, 5) is 4.45. The highest BCUT2D eigenvalue weighted by Crippen LogP contribution is 2.52. The molecule has 0 bridgehead atoms. The minimum absolute atomic E-state index is 0.419. The number of rotatable bonds is 5. The molecule has 0 saturated heterocycles.